The van der Waals surface area contributed by atoms with Gasteiger partial charge in [0.15, 0.2) is 6.61 Å². The van der Waals surface area contributed by atoms with Gasteiger partial charge in [0.1, 0.15) is 23.0 Å². The van der Waals surface area contributed by atoms with E-state index in [9.17, 15) is 14.7 Å². The van der Waals surface area contributed by atoms with Crippen LogP contribution in [-0.2, 0) is 20.7 Å². The molecule has 0 atom stereocenters. The predicted molar refractivity (Wildman–Crippen MR) is 136 cm³/mol. The smallest absolute Gasteiger partial charge is 0.343 e. The number of amides is 1. The number of esters is 1. The lowest BCUT2D eigenvalue weighted by Gasteiger charge is -2.13. The number of hydrogen-bond acceptors (Lipinski definition) is 7. The molecule has 8 heteroatoms. The molecule has 0 radical (unpaired) electrons. The number of methoxy groups -OCH3 is 1. The Morgan fingerprint density at radius 3 is 2.31 bits per heavy atom. The van der Waals surface area contributed by atoms with Crippen LogP contribution < -0.4 is 19.5 Å². The van der Waals surface area contributed by atoms with Crippen molar-refractivity contribution in [3.05, 3.63) is 78.4 Å². The topological polar surface area (TPSA) is 103 Å². The van der Waals surface area contributed by atoms with Crippen LogP contribution in [0.15, 0.2) is 72.8 Å². The fraction of sp³-hybridized carbons (Fsp3) is 0.286. The van der Waals surface area contributed by atoms with Gasteiger partial charge in [0.25, 0.3) is 0 Å². The van der Waals surface area contributed by atoms with Crippen LogP contribution in [0.3, 0.4) is 0 Å². The molecule has 0 fully saturated rings. The molecule has 0 unspecified atom stereocenters. The number of phenolic OH excluding ortho intramolecular Hbond substituents is 1. The number of aryl methyl sites for hydroxylation is 1. The predicted octanol–water partition coefficient (Wildman–Crippen LogP) is 4.75. The van der Waals surface area contributed by atoms with E-state index >= 15 is 0 Å². The van der Waals surface area contributed by atoms with E-state index in [2.05, 4.69) is 10.1 Å². The summed E-state index contributed by atoms with van der Waals surface area (Å²) < 4.78 is 21.4. The van der Waals surface area contributed by atoms with E-state index in [4.69, 9.17) is 14.2 Å². The van der Waals surface area contributed by atoms with Gasteiger partial charge in [-0.2, -0.15) is 0 Å². The first-order chi connectivity index (χ1) is 17.5. The molecule has 0 saturated carbocycles. The maximum atomic E-state index is 12.5. The van der Waals surface area contributed by atoms with Crippen molar-refractivity contribution < 1.29 is 33.6 Å². The average Bonchev–Trinajstić information content (AvgIpc) is 2.90. The number of carbonyl (C=O) groups is 2. The Morgan fingerprint density at radius 2 is 1.56 bits per heavy atom. The fourth-order valence-electron chi connectivity index (χ4n) is 3.29. The van der Waals surface area contributed by atoms with Gasteiger partial charge in [-0.3, -0.25) is 4.79 Å². The van der Waals surface area contributed by atoms with Crippen molar-refractivity contribution in [3.8, 4) is 23.0 Å². The summed E-state index contributed by atoms with van der Waals surface area (Å²) >= 11 is 0. The highest BCUT2D eigenvalue weighted by molar-refractivity contribution is 5.92. The summed E-state index contributed by atoms with van der Waals surface area (Å²) in [5.41, 5.74) is 1.33. The van der Waals surface area contributed by atoms with Crippen molar-refractivity contribution >= 4 is 17.6 Å². The summed E-state index contributed by atoms with van der Waals surface area (Å²) in [7, 11) is 1.25. The standard InChI is InChI=1S/C28H31NO7/c1-33-28(32)20-36-26-19-22(30)13-14-25(26)29-27(31)15-12-21-8-7-11-24(18-21)35-17-6-5-16-34-23-9-3-2-4-10-23/h2-4,7-11,13-14,18-19,30H,5-6,12,15-17,20H2,1H3,(H,29,31). The number of para-hydroxylation sites is 1. The quantitative estimate of drug-likeness (QED) is 0.190. The molecule has 3 aromatic carbocycles. The largest absolute Gasteiger partial charge is 0.508 e. The van der Waals surface area contributed by atoms with Gasteiger partial charge >= 0.3 is 5.97 Å². The Hall–Kier alpha value is -4.20. The first-order valence-corrected chi connectivity index (χ1v) is 11.8. The van der Waals surface area contributed by atoms with Gasteiger partial charge in [-0.25, -0.2) is 4.79 Å². The number of aromatic hydroxyl groups is 1. The summed E-state index contributed by atoms with van der Waals surface area (Å²) in [6.07, 6.45) is 2.51. The summed E-state index contributed by atoms with van der Waals surface area (Å²) in [5, 5.41) is 12.5. The number of anilines is 1. The molecule has 0 aromatic heterocycles. The van der Waals surface area contributed by atoms with Gasteiger partial charge in [0.2, 0.25) is 5.91 Å². The molecule has 3 rings (SSSR count). The minimum Gasteiger partial charge on any atom is -0.508 e. The van der Waals surface area contributed by atoms with Crippen LogP contribution in [0.5, 0.6) is 23.0 Å². The molecule has 2 N–H and O–H groups in total. The number of rotatable bonds is 14. The second-order valence-corrected chi connectivity index (χ2v) is 7.96. The van der Waals surface area contributed by atoms with Crippen LogP contribution in [0, 0.1) is 0 Å². The minimum absolute atomic E-state index is 0.0478. The van der Waals surface area contributed by atoms with Crippen molar-refractivity contribution in [3.63, 3.8) is 0 Å². The number of phenols is 1. The third kappa shape index (κ3) is 9.21. The second-order valence-electron chi connectivity index (χ2n) is 7.96. The minimum atomic E-state index is -0.571. The molecule has 0 aliphatic heterocycles. The third-order valence-electron chi connectivity index (χ3n) is 5.17. The molecule has 0 heterocycles. The van der Waals surface area contributed by atoms with Gasteiger partial charge in [-0.1, -0.05) is 30.3 Å². The number of benzene rings is 3. The van der Waals surface area contributed by atoms with Crippen LogP contribution in [0.2, 0.25) is 0 Å². The first kappa shape index (κ1) is 26.4. The number of carbonyl (C=O) groups excluding carboxylic acids is 2. The van der Waals surface area contributed by atoms with Crippen LogP contribution in [0.1, 0.15) is 24.8 Å². The van der Waals surface area contributed by atoms with Gasteiger partial charge in [0.05, 0.1) is 26.0 Å². The molecule has 8 nitrogen and oxygen atoms in total. The lowest BCUT2D eigenvalue weighted by Crippen LogP contribution is -2.16. The number of ether oxygens (including phenoxy) is 4. The Morgan fingerprint density at radius 1 is 0.833 bits per heavy atom. The van der Waals surface area contributed by atoms with Crippen LogP contribution in [0.4, 0.5) is 5.69 Å². The van der Waals surface area contributed by atoms with Crippen LogP contribution in [0.25, 0.3) is 0 Å². The van der Waals surface area contributed by atoms with E-state index in [1.54, 1.807) is 0 Å². The first-order valence-electron chi connectivity index (χ1n) is 11.8. The van der Waals surface area contributed by atoms with Gasteiger partial charge in [0, 0.05) is 12.5 Å². The van der Waals surface area contributed by atoms with Crippen molar-refractivity contribution in [2.24, 2.45) is 0 Å². The second kappa shape index (κ2) is 14.3. The van der Waals surface area contributed by atoms with Gasteiger partial charge in [-0.15, -0.1) is 0 Å². The molecule has 36 heavy (non-hydrogen) atoms. The normalized spacial score (nSPS) is 10.4. The molecule has 0 bridgehead atoms. The summed E-state index contributed by atoms with van der Waals surface area (Å²) in [5.74, 6) is 0.956. The number of unbranched alkanes of at least 4 members (excludes halogenated alkanes) is 1. The van der Waals surface area contributed by atoms with Crippen molar-refractivity contribution in [1.29, 1.82) is 0 Å². The Balaban J connectivity index is 1.40. The molecule has 0 saturated heterocycles. The SMILES string of the molecule is COC(=O)COc1cc(O)ccc1NC(=O)CCc1cccc(OCCCCOc2ccccc2)c1. The average molecular weight is 494 g/mol. The Kier molecular flexibility index (Phi) is 10.5. The van der Waals surface area contributed by atoms with E-state index in [0.717, 1.165) is 29.9 Å². The van der Waals surface area contributed by atoms with Crippen molar-refractivity contribution in [2.45, 2.75) is 25.7 Å². The third-order valence-corrected chi connectivity index (χ3v) is 5.17. The van der Waals surface area contributed by atoms with Crippen LogP contribution >= 0.6 is 0 Å². The van der Waals surface area contributed by atoms with E-state index < -0.39 is 5.97 Å². The number of hydrogen-bond donors (Lipinski definition) is 2. The zero-order chi connectivity index (χ0) is 25.6. The lowest BCUT2D eigenvalue weighted by atomic mass is 10.1. The van der Waals surface area contributed by atoms with E-state index in [-0.39, 0.29) is 30.4 Å². The van der Waals surface area contributed by atoms with Crippen molar-refractivity contribution in [1.82, 2.24) is 0 Å². The maximum Gasteiger partial charge on any atom is 0.343 e. The van der Waals surface area contributed by atoms with Crippen LogP contribution in [-0.4, -0.2) is 43.9 Å². The Bertz CT molecular complexity index is 1120. The molecular weight excluding hydrogens is 462 g/mol. The molecule has 1 amide bonds. The zero-order valence-corrected chi connectivity index (χ0v) is 20.3. The van der Waals surface area contributed by atoms with E-state index in [1.807, 2.05) is 54.6 Å². The lowest BCUT2D eigenvalue weighted by molar-refractivity contribution is -0.142. The fourth-order valence-corrected chi connectivity index (χ4v) is 3.29. The van der Waals surface area contributed by atoms with Crippen molar-refractivity contribution in [2.75, 3.05) is 32.2 Å². The van der Waals surface area contributed by atoms with Gasteiger partial charge < -0.3 is 29.4 Å². The summed E-state index contributed by atoms with van der Waals surface area (Å²) in [6, 6.07) is 21.7. The zero-order valence-electron chi connectivity index (χ0n) is 20.3. The Labute approximate surface area is 210 Å². The molecule has 190 valence electrons. The molecule has 0 aliphatic rings. The molecular formula is C28H31NO7. The van der Waals surface area contributed by atoms with E-state index in [1.165, 1.54) is 25.3 Å². The monoisotopic (exact) mass is 493 g/mol. The molecule has 3 aromatic rings. The highest BCUT2D eigenvalue weighted by Gasteiger charge is 2.12. The highest BCUT2D eigenvalue weighted by Crippen LogP contribution is 2.29. The molecule has 0 aliphatic carbocycles. The summed E-state index contributed by atoms with van der Waals surface area (Å²) in [6.45, 7) is 0.881. The highest BCUT2D eigenvalue weighted by atomic mass is 16.6. The number of nitrogens with one attached hydrogen (secondary N) is 1. The summed E-state index contributed by atoms with van der Waals surface area (Å²) in [4.78, 5) is 23.9. The van der Waals surface area contributed by atoms with Gasteiger partial charge in [-0.05, 0) is 61.2 Å². The maximum absolute atomic E-state index is 12.5. The van der Waals surface area contributed by atoms with E-state index in [0.29, 0.717) is 25.3 Å². The molecule has 0 spiro atoms.